The van der Waals surface area contributed by atoms with Gasteiger partial charge in [0.1, 0.15) is 5.75 Å². The molecule has 0 radical (unpaired) electrons. The molecule has 3 aromatic rings. The Bertz CT molecular complexity index is 949. The Morgan fingerprint density at radius 3 is 2.59 bits per heavy atom. The quantitative estimate of drug-likeness (QED) is 0.565. The second-order valence-corrected chi connectivity index (χ2v) is 6.08. The summed E-state index contributed by atoms with van der Waals surface area (Å²) >= 11 is 1.26. The van der Waals surface area contributed by atoms with Gasteiger partial charge < -0.3 is 14.2 Å². The summed E-state index contributed by atoms with van der Waals surface area (Å²) in [4.78, 5) is 20.2. The molecule has 6 nitrogen and oxygen atoms in total. The number of rotatable bonds is 6. The predicted molar refractivity (Wildman–Crippen MR) is 94.7 cm³/mol. The molecule has 27 heavy (non-hydrogen) atoms. The molecule has 0 aliphatic rings. The summed E-state index contributed by atoms with van der Waals surface area (Å²) in [5, 5.41) is 2.08. The van der Waals surface area contributed by atoms with E-state index in [0.717, 1.165) is 0 Å². The van der Waals surface area contributed by atoms with Crippen molar-refractivity contribution in [2.24, 2.45) is 0 Å². The molecule has 0 saturated carbocycles. The highest BCUT2D eigenvalue weighted by Gasteiger charge is 2.21. The van der Waals surface area contributed by atoms with Gasteiger partial charge in [-0.3, -0.25) is 0 Å². The third kappa shape index (κ3) is 4.03. The van der Waals surface area contributed by atoms with Crippen LogP contribution in [0.5, 0.6) is 16.8 Å². The summed E-state index contributed by atoms with van der Waals surface area (Å²) in [5.41, 5.74) is 0.472. The summed E-state index contributed by atoms with van der Waals surface area (Å²) in [7, 11) is 2.63. The minimum absolute atomic E-state index is 0.0914. The van der Waals surface area contributed by atoms with Crippen molar-refractivity contribution in [1.29, 1.82) is 0 Å². The number of pyridine rings is 1. The topological polar surface area (TPSA) is 70.5 Å². The zero-order valence-electron chi connectivity index (χ0n) is 14.3. The summed E-state index contributed by atoms with van der Waals surface area (Å²) in [6.45, 7) is 0. The molecule has 140 valence electrons. The lowest BCUT2D eigenvalue weighted by atomic mass is 9.98. The van der Waals surface area contributed by atoms with Gasteiger partial charge in [-0.05, 0) is 18.2 Å². The van der Waals surface area contributed by atoms with Crippen molar-refractivity contribution in [2.45, 2.75) is 6.43 Å². The van der Waals surface area contributed by atoms with E-state index in [2.05, 4.69) is 9.97 Å². The van der Waals surface area contributed by atoms with Crippen molar-refractivity contribution in [2.75, 3.05) is 14.2 Å². The third-order valence-electron chi connectivity index (χ3n) is 3.65. The molecule has 0 fully saturated rings. The normalized spacial score (nSPS) is 10.7. The molecule has 0 unspecified atom stereocenters. The van der Waals surface area contributed by atoms with Crippen LogP contribution in [0.4, 0.5) is 8.78 Å². The van der Waals surface area contributed by atoms with E-state index in [1.54, 1.807) is 11.6 Å². The van der Waals surface area contributed by atoms with Gasteiger partial charge >= 0.3 is 5.97 Å². The Morgan fingerprint density at radius 1 is 1.15 bits per heavy atom. The molecule has 0 atom stereocenters. The fraction of sp³-hybridized carbons (Fsp3) is 0.167. The van der Waals surface area contributed by atoms with E-state index in [1.807, 2.05) is 0 Å². The van der Waals surface area contributed by atoms with Gasteiger partial charge in [0.2, 0.25) is 5.88 Å². The second kappa shape index (κ2) is 8.09. The highest BCUT2D eigenvalue weighted by molar-refractivity contribution is 7.11. The lowest BCUT2D eigenvalue weighted by molar-refractivity contribution is 0.0601. The summed E-state index contributed by atoms with van der Waals surface area (Å²) < 4.78 is 42.0. The monoisotopic (exact) mass is 392 g/mol. The lowest BCUT2D eigenvalue weighted by Gasteiger charge is -2.14. The van der Waals surface area contributed by atoms with Crippen molar-refractivity contribution in [3.05, 3.63) is 53.2 Å². The summed E-state index contributed by atoms with van der Waals surface area (Å²) in [6, 6.07) is 5.40. The Labute approximate surface area is 157 Å². The average molecular weight is 392 g/mol. The SMILES string of the molecule is COC(=O)c1cnc(Oc2nccs2)cc1-c1cc(C(F)F)ccc1OC. The van der Waals surface area contributed by atoms with Crippen molar-refractivity contribution in [1.82, 2.24) is 9.97 Å². The van der Waals surface area contributed by atoms with Gasteiger partial charge in [-0.1, -0.05) is 11.3 Å². The molecule has 0 aliphatic carbocycles. The molecular formula is C18H14F2N2O4S. The standard InChI is InChI=1S/C18H14F2N2O4S/c1-24-14-4-3-10(16(19)20)7-12(14)11-8-15(26-18-21-5-6-27-18)22-9-13(11)17(23)25-2/h3-9,16H,1-2H3. The van der Waals surface area contributed by atoms with Gasteiger partial charge in [-0.25, -0.2) is 23.5 Å². The smallest absolute Gasteiger partial charge is 0.340 e. The molecule has 1 aromatic carbocycles. The minimum Gasteiger partial charge on any atom is -0.496 e. The van der Waals surface area contributed by atoms with E-state index in [1.165, 1.54) is 56.0 Å². The molecule has 2 heterocycles. The van der Waals surface area contributed by atoms with E-state index in [0.29, 0.717) is 22.1 Å². The predicted octanol–water partition coefficient (Wildman–Crippen LogP) is 4.73. The number of esters is 1. The maximum Gasteiger partial charge on any atom is 0.340 e. The number of hydrogen-bond acceptors (Lipinski definition) is 7. The number of thiazole rings is 1. The van der Waals surface area contributed by atoms with Crippen LogP contribution in [-0.2, 0) is 4.74 Å². The van der Waals surface area contributed by atoms with E-state index < -0.39 is 12.4 Å². The van der Waals surface area contributed by atoms with Crippen molar-refractivity contribution in [3.8, 4) is 28.0 Å². The second-order valence-electron chi connectivity index (χ2n) is 5.22. The zero-order valence-corrected chi connectivity index (χ0v) is 15.1. The van der Waals surface area contributed by atoms with Gasteiger partial charge in [-0.2, -0.15) is 0 Å². The molecule has 0 aliphatic heterocycles. The number of halogens is 2. The maximum absolute atomic E-state index is 13.2. The number of ether oxygens (including phenoxy) is 3. The Balaban J connectivity index is 2.16. The van der Waals surface area contributed by atoms with Crippen LogP contribution in [0.15, 0.2) is 42.0 Å². The van der Waals surface area contributed by atoms with E-state index in [4.69, 9.17) is 14.2 Å². The van der Waals surface area contributed by atoms with Crippen LogP contribution >= 0.6 is 11.3 Å². The van der Waals surface area contributed by atoms with Crippen LogP contribution in [0.3, 0.4) is 0 Å². The maximum atomic E-state index is 13.2. The van der Waals surface area contributed by atoms with Crippen LogP contribution in [0.1, 0.15) is 22.3 Å². The number of alkyl halides is 2. The van der Waals surface area contributed by atoms with Crippen LogP contribution in [-0.4, -0.2) is 30.2 Å². The first-order chi connectivity index (χ1) is 13.0. The Hall–Kier alpha value is -3.07. The molecule has 0 N–H and O–H groups in total. The summed E-state index contributed by atoms with van der Waals surface area (Å²) in [6.07, 6.45) is 0.154. The summed E-state index contributed by atoms with van der Waals surface area (Å²) in [5.74, 6) is -0.198. The van der Waals surface area contributed by atoms with Crippen LogP contribution in [0.2, 0.25) is 0 Å². The van der Waals surface area contributed by atoms with Gasteiger partial charge in [0.05, 0.1) is 19.8 Å². The number of carbonyl (C=O) groups is 1. The third-order valence-corrected chi connectivity index (χ3v) is 4.30. The van der Waals surface area contributed by atoms with Crippen molar-refractivity contribution < 1.29 is 27.8 Å². The zero-order chi connectivity index (χ0) is 19.4. The Kier molecular flexibility index (Phi) is 5.60. The fourth-order valence-corrected chi connectivity index (χ4v) is 2.90. The number of nitrogens with zero attached hydrogens (tertiary/aromatic N) is 2. The van der Waals surface area contributed by atoms with Crippen LogP contribution in [0.25, 0.3) is 11.1 Å². The number of methoxy groups -OCH3 is 2. The Morgan fingerprint density at radius 2 is 1.96 bits per heavy atom. The van der Waals surface area contributed by atoms with Crippen molar-refractivity contribution in [3.63, 3.8) is 0 Å². The fourth-order valence-electron chi connectivity index (χ4n) is 2.41. The molecule has 0 bridgehead atoms. The van der Waals surface area contributed by atoms with Gasteiger partial charge in [-0.15, -0.1) is 0 Å². The number of benzene rings is 1. The number of aromatic nitrogens is 2. The molecular weight excluding hydrogens is 378 g/mol. The first-order valence-corrected chi connectivity index (χ1v) is 8.53. The minimum atomic E-state index is -2.68. The van der Waals surface area contributed by atoms with Crippen molar-refractivity contribution >= 4 is 17.3 Å². The molecule has 0 saturated heterocycles. The number of carbonyl (C=O) groups excluding carboxylic acids is 1. The largest absolute Gasteiger partial charge is 0.496 e. The van der Waals surface area contributed by atoms with Gasteiger partial charge in [0, 0.05) is 40.5 Å². The van der Waals surface area contributed by atoms with E-state index in [9.17, 15) is 13.6 Å². The number of hydrogen-bond donors (Lipinski definition) is 0. The van der Waals surface area contributed by atoms with Gasteiger partial charge in [0.15, 0.2) is 0 Å². The first-order valence-electron chi connectivity index (χ1n) is 7.65. The molecule has 3 rings (SSSR count). The molecule has 0 amide bonds. The lowest BCUT2D eigenvalue weighted by Crippen LogP contribution is -2.06. The first kappa shape index (κ1) is 18.7. The van der Waals surface area contributed by atoms with E-state index in [-0.39, 0.29) is 17.0 Å². The van der Waals surface area contributed by atoms with Gasteiger partial charge in [0.25, 0.3) is 11.6 Å². The molecule has 0 spiro atoms. The highest BCUT2D eigenvalue weighted by atomic mass is 32.1. The molecule has 9 heteroatoms. The van der Waals surface area contributed by atoms with E-state index >= 15 is 0 Å². The molecule has 2 aromatic heterocycles. The van der Waals surface area contributed by atoms with Crippen LogP contribution < -0.4 is 9.47 Å². The average Bonchev–Trinajstić information content (AvgIpc) is 3.19. The van der Waals surface area contributed by atoms with Crippen LogP contribution in [0, 0.1) is 0 Å². The highest BCUT2D eigenvalue weighted by Crippen LogP contribution is 2.37.